The Morgan fingerprint density at radius 3 is 2.50 bits per heavy atom. The fourth-order valence-electron chi connectivity index (χ4n) is 3.05. The molecule has 1 aliphatic heterocycles. The van der Waals surface area contributed by atoms with E-state index >= 15 is 0 Å². The fraction of sp³-hybridized carbons (Fsp3) is 0.235. The minimum absolute atomic E-state index is 0.226. The maximum Gasteiger partial charge on any atom is 0.141 e. The van der Waals surface area contributed by atoms with E-state index in [4.69, 9.17) is 11.6 Å². The van der Waals surface area contributed by atoms with Crippen LogP contribution >= 0.6 is 0 Å². The summed E-state index contributed by atoms with van der Waals surface area (Å²) in [5, 5.41) is 3.62. The summed E-state index contributed by atoms with van der Waals surface area (Å²) in [5.74, 6) is 5.31. The maximum absolute atomic E-state index is 14.2. The molecule has 1 aliphatic rings. The number of hydrogen-bond acceptors (Lipinski definition) is 3. The molecular formula is C17H19FN4. The third kappa shape index (κ3) is 2.67. The van der Waals surface area contributed by atoms with Crippen molar-refractivity contribution in [1.82, 2.24) is 4.90 Å². The van der Waals surface area contributed by atoms with Crippen molar-refractivity contribution in [2.75, 3.05) is 6.54 Å². The van der Waals surface area contributed by atoms with Crippen LogP contribution in [0, 0.1) is 5.82 Å². The zero-order chi connectivity index (χ0) is 15.5. The summed E-state index contributed by atoms with van der Waals surface area (Å²) in [6, 6.07) is 14.5. The molecule has 0 amide bonds. The molecule has 2 aromatic rings. The van der Waals surface area contributed by atoms with E-state index in [-0.39, 0.29) is 11.7 Å². The molecule has 1 atom stereocenters. The number of rotatable bonds is 3. The van der Waals surface area contributed by atoms with Crippen LogP contribution in [-0.2, 0) is 13.0 Å². The summed E-state index contributed by atoms with van der Waals surface area (Å²) in [6.07, 6.45) is 0.902. The summed E-state index contributed by atoms with van der Waals surface area (Å²) in [4.78, 5) is 2.12. The Hall–Kier alpha value is -2.40. The van der Waals surface area contributed by atoms with Gasteiger partial charge in [0.15, 0.2) is 0 Å². The second kappa shape index (κ2) is 6.15. The second-order valence-corrected chi connectivity index (χ2v) is 5.47. The molecule has 114 valence electrons. The Morgan fingerprint density at radius 2 is 1.77 bits per heavy atom. The molecule has 1 heterocycles. The molecule has 0 spiro atoms. The summed E-state index contributed by atoms with van der Waals surface area (Å²) < 4.78 is 14.2. The van der Waals surface area contributed by atoms with Crippen LogP contribution in [0.1, 0.15) is 22.7 Å². The zero-order valence-electron chi connectivity index (χ0n) is 12.2. The molecule has 0 radical (unpaired) electrons. The highest BCUT2D eigenvalue weighted by Gasteiger charge is 2.29. The van der Waals surface area contributed by atoms with Crippen LogP contribution < -0.4 is 11.6 Å². The van der Waals surface area contributed by atoms with Crippen molar-refractivity contribution in [1.29, 1.82) is 0 Å². The molecule has 5 heteroatoms. The minimum atomic E-state index is -0.445. The van der Waals surface area contributed by atoms with Crippen molar-refractivity contribution in [3.05, 3.63) is 71.0 Å². The van der Waals surface area contributed by atoms with E-state index in [1.165, 1.54) is 17.2 Å². The number of amidine groups is 1. The molecule has 2 aromatic carbocycles. The molecule has 3 rings (SSSR count). The molecule has 0 fully saturated rings. The smallest absolute Gasteiger partial charge is 0.141 e. The Morgan fingerprint density at radius 1 is 1.09 bits per heavy atom. The maximum atomic E-state index is 14.2. The standard InChI is InChI=1S/C17H19FN4/c18-15-8-4-3-7-14(15)16(17(19)21-20)22-10-9-12-5-1-2-6-13(12)11-22/h1-8,16H,9-11,20H2,(H2,19,21). The van der Waals surface area contributed by atoms with Crippen molar-refractivity contribution in [2.24, 2.45) is 16.7 Å². The predicted octanol–water partition coefficient (Wildman–Crippen LogP) is 2.16. The van der Waals surface area contributed by atoms with Crippen LogP contribution in [0.5, 0.6) is 0 Å². The van der Waals surface area contributed by atoms with Gasteiger partial charge in [0, 0.05) is 18.7 Å². The lowest BCUT2D eigenvalue weighted by Crippen LogP contribution is -2.41. The first-order valence-electron chi connectivity index (χ1n) is 7.29. The summed E-state index contributed by atoms with van der Waals surface area (Å²) in [5.41, 5.74) is 9.06. The highest BCUT2D eigenvalue weighted by atomic mass is 19.1. The Bertz CT molecular complexity index is 699. The van der Waals surface area contributed by atoms with E-state index in [9.17, 15) is 4.39 Å². The molecule has 0 bridgehead atoms. The quantitative estimate of drug-likeness (QED) is 0.395. The third-order valence-corrected chi connectivity index (χ3v) is 4.15. The van der Waals surface area contributed by atoms with Gasteiger partial charge in [0.05, 0.1) is 6.04 Å². The largest absolute Gasteiger partial charge is 0.384 e. The van der Waals surface area contributed by atoms with Gasteiger partial charge in [-0.25, -0.2) is 4.39 Å². The molecule has 22 heavy (non-hydrogen) atoms. The molecule has 0 saturated carbocycles. The van der Waals surface area contributed by atoms with Crippen molar-refractivity contribution in [3.63, 3.8) is 0 Å². The molecule has 0 aliphatic carbocycles. The number of halogens is 1. The van der Waals surface area contributed by atoms with Gasteiger partial charge in [-0.3, -0.25) is 4.90 Å². The lowest BCUT2D eigenvalue weighted by molar-refractivity contribution is 0.219. The van der Waals surface area contributed by atoms with Gasteiger partial charge >= 0.3 is 0 Å². The van der Waals surface area contributed by atoms with Gasteiger partial charge in [0.25, 0.3) is 0 Å². The number of nitrogens with two attached hydrogens (primary N) is 2. The van der Waals surface area contributed by atoms with E-state index in [1.54, 1.807) is 18.2 Å². The van der Waals surface area contributed by atoms with Gasteiger partial charge in [-0.1, -0.05) is 42.5 Å². The zero-order valence-corrected chi connectivity index (χ0v) is 12.2. The van der Waals surface area contributed by atoms with Crippen LogP contribution in [0.3, 0.4) is 0 Å². The van der Waals surface area contributed by atoms with Gasteiger partial charge in [0.2, 0.25) is 0 Å². The SMILES string of the molecule is N/N=C(\N)C(c1ccccc1F)N1CCc2ccccc2C1. The normalized spacial score (nSPS) is 17.0. The van der Waals surface area contributed by atoms with E-state index in [1.807, 2.05) is 12.1 Å². The number of hydrazone groups is 1. The average Bonchev–Trinajstić information content (AvgIpc) is 2.56. The summed E-state index contributed by atoms with van der Waals surface area (Å²) in [7, 11) is 0. The van der Waals surface area contributed by atoms with Crippen LogP contribution in [0.2, 0.25) is 0 Å². The van der Waals surface area contributed by atoms with Crippen molar-refractivity contribution in [2.45, 2.75) is 19.0 Å². The van der Waals surface area contributed by atoms with Crippen molar-refractivity contribution < 1.29 is 4.39 Å². The molecular weight excluding hydrogens is 279 g/mol. The van der Waals surface area contributed by atoms with Crippen LogP contribution in [0.25, 0.3) is 0 Å². The summed E-state index contributed by atoms with van der Waals surface area (Å²) in [6.45, 7) is 1.48. The highest BCUT2D eigenvalue weighted by molar-refractivity contribution is 5.86. The van der Waals surface area contributed by atoms with E-state index in [0.717, 1.165) is 13.0 Å². The fourth-order valence-corrected chi connectivity index (χ4v) is 3.05. The number of hydrogen-bond donors (Lipinski definition) is 2. The van der Waals surface area contributed by atoms with E-state index in [2.05, 4.69) is 22.1 Å². The predicted molar refractivity (Wildman–Crippen MR) is 85.5 cm³/mol. The molecule has 1 unspecified atom stereocenters. The van der Waals surface area contributed by atoms with Gasteiger partial charge < -0.3 is 11.6 Å². The van der Waals surface area contributed by atoms with Gasteiger partial charge in [-0.2, -0.15) is 5.10 Å². The first-order valence-corrected chi connectivity index (χ1v) is 7.29. The van der Waals surface area contributed by atoms with Crippen LogP contribution in [0.4, 0.5) is 4.39 Å². The number of fused-ring (bicyclic) bond motifs is 1. The van der Waals surface area contributed by atoms with Crippen molar-refractivity contribution in [3.8, 4) is 0 Å². The lowest BCUT2D eigenvalue weighted by atomic mass is 9.95. The molecule has 0 aromatic heterocycles. The average molecular weight is 298 g/mol. The third-order valence-electron chi connectivity index (χ3n) is 4.15. The Balaban J connectivity index is 1.97. The lowest BCUT2D eigenvalue weighted by Gasteiger charge is -2.35. The molecule has 0 saturated heterocycles. The Kier molecular flexibility index (Phi) is 4.06. The van der Waals surface area contributed by atoms with E-state index in [0.29, 0.717) is 12.1 Å². The monoisotopic (exact) mass is 298 g/mol. The molecule has 4 N–H and O–H groups in total. The van der Waals surface area contributed by atoms with Crippen LogP contribution in [-0.4, -0.2) is 17.3 Å². The number of nitrogens with zero attached hydrogens (tertiary/aromatic N) is 2. The summed E-state index contributed by atoms with van der Waals surface area (Å²) >= 11 is 0. The minimum Gasteiger partial charge on any atom is -0.384 e. The Labute approximate surface area is 129 Å². The van der Waals surface area contributed by atoms with Gasteiger partial charge in [0.1, 0.15) is 11.7 Å². The molecule has 4 nitrogen and oxygen atoms in total. The van der Waals surface area contributed by atoms with Gasteiger partial charge in [-0.05, 0) is 23.6 Å². The van der Waals surface area contributed by atoms with E-state index < -0.39 is 6.04 Å². The highest BCUT2D eigenvalue weighted by Crippen LogP contribution is 2.29. The van der Waals surface area contributed by atoms with Crippen LogP contribution in [0.15, 0.2) is 53.6 Å². The number of benzene rings is 2. The first kappa shape index (κ1) is 14.5. The first-order chi connectivity index (χ1) is 10.7. The van der Waals surface area contributed by atoms with Crippen molar-refractivity contribution >= 4 is 5.84 Å². The van der Waals surface area contributed by atoms with Gasteiger partial charge in [-0.15, -0.1) is 0 Å². The second-order valence-electron chi connectivity index (χ2n) is 5.47. The topological polar surface area (TPSA) is 67.6 Å².